The summed E-state index contributed by atoms with van der Waals surface area (Å²) in [6, 6.07) is 7.33. The van der Waals surface area contributed by atoms with Crippen LogP contribution in [-0.4, -0.2) is 35.6 Å². The summed E-state index contributed by atoms with van der Waals surface area (Å²) in [5.74, 6) is 6.17. The Morgan fingerprint density at radius 2 is 2.16 bits per heavy atom. The summed E-state index contributed by atoms with van der Waals surface area (Å²) >= 11 is 0. The maximum atomic E-state index is 12.5. The molecule has 0 bridgehead atoms. The van der Waals surface area contributed by atoms with Crippen molar-refractivity contribution in [2.45, 2.75) is 19.8 Å². The molecule has 1 amide bonds. The Labute approximate surface area is 114 Å². The van der Waals surface area contributed by atoms with Crippen LogP contribution in [0.5, 0.6) is 0 Å². The standard InChI is InChI=1S/C16H19NO2/c1-2-17(12-13-9-10-13)16(19)15-8-4-3-6-14(15)7-5-11-18/h3-4,6,8,13,18H,2,9-12H2,1H3. The molecule has 1 fully saturated rings. The molecule has 1 saturated carbocycles. The van der Waals surface area contributed by atoms with Crippen molar-refractivity contribution in [3.05, 3.63) is 35.4 Å². The van der Waals surface area contributed by atoms with Crippen LogP contribution in [0.4, 0.5) is 0 Å². The van der Waals surface area contributed by atoms with Gasteiger partial charge in [0.15, 0.2) is 0 Å². The van der Waals surface area contributed by atoms with Crippen molar-refractivity contribution in [2.24, 2.45) is 5.92 Å². The van der Waals surface area contributed by atoms with E-state index >= 15 is 0 Å². The highest BCUT2D eigenvalue weighted by molar-refractivity contribution is 5.96. The number of carbonyl (C=O) groups is 1. The Kier molecular flexibility index (Phi) is 4.59. The largest absolute Gasteiger partial charge is 0.384 e. The first-order chi connectivity index (χ1) is 9.26. The molecule has 1 N–H and O–H groups in total. The second-order valence-electron chi connectivity index (χ2n) is 4.79. The van der Waals surface area contributed by atoms with Gasteiger partial charge in [-0.1, -0.05) is 24.0 Å². The summed E-state index contributed by atoms with van der Waals surface area (Å²) < 4.78 is 0. The van der Waals surface area contributed by atoms with Gasteiger partial charge in [-0.15, -0.1) is 0 Å². The third-order valence-corrected chi connectivity index (χ3v) is 3.30. The zero-order chi connectivity index (χ0) is 13.7. The molecule has 0 aromatic heterocycles. The van der Waals surface area contributed by atoms with Gasteiger partial charge < -0.3 is 10.0 Å². The molecule has 0 radical (unpaired) electrons. The van der Waals surface area contributed by atoms with Crippen LogP contribution in [0.2, 0.25) is 0 Å². The molecule has 1 aromatic rings. The monoisotopic (exact) mass is 257 g/mol. The highest BCUT2D eigenvalue weighted by atomic mass is 16.2. The first-order valence-corrected chi connectivity index (χ1v) is 6.74. The lowest BCUT2D eigenvalue weighted by atomic mass is 10.1. The van der Waals surface area contributed by atoms with Gasteiger partial charge in [0.1, 0.15) is 6.61 Å². The molecular formula is C16H19NO2. The number of carbonyl (C=O) groups excluding carboxylic acids is 1. The lowest BCUT2D eigenvalue weighted by Crippen LogP contribution is -2.33. The lowest BCUT2D eigenvalue weighted by Gasteiger charge is -2.21. The summed E-state index contributed by atoms with van der Waals surface area (Å²) in [5, 5.41) is 8.77. The van der Waals surface area contributed by atoms with Gasteiger partial charge in [0.05, 0.1) is 5.56 Å². The minimum atomic E-state index is -0.192. The number of aliphatic hydroxyl groups excluding tert-OH is 1. The molecule has 100 valence electrons. The van der Waals surface area contributed by atoms with Crippen LogP contribution >= 0.6 is 0 Å². The van der Waals surface area contributed by atoms with Crippen molar-refractivity contribution >= 4 is 5.91 Å². The Balaban J connectivity index is 2.20. The molecule has 0 spiro atoms. The van der Waals surface area contributed by atoms with Crippen molar-refractivity contribution in [1.29, 1.82) is 0 Å². The molecule has 0 unspecified atom stereocenters. The van der Waals surface area contributed by atoms with Crippen LogP contribution in [0.15, 0.2) is 24.3 Å². The van der Waals surface area contributed by atoms with E-state index in [0.717, 1.165) is 13.1 Å². The number of hydrogen-bond acceptors (Lipinski definition) is 2. The first kappa shape index (κ1) is 13.6. The quantitative estimate of drug-likeness (QED) is 0.837. The first-order valence-electron chi connectivity index (χ1n) is 6.74. The van der Waals surface area contributed by atoms with Crippen LogP contribution in [0.25, 0.3) is 0 Å². The zero-order valence-corrected chi connectivity index (χ0v) is 11.2. The van der Waals surface area contributed by atoms with E-state index in [9.17, 15) is 4.79 Å². The molecule has 1 aliphatic carbocycles. The van der Waals surface area contributed by atoms with E-state index in [2.05, 4.69) is 11.8 Å². The average Bonchev–Trinajstić information content (AvgIpc) is 3.26. The molecule has 19 heavy (non-hydrogen) atoms. The molecule has 0 heterocycles. The van der Waals surface area contributed by atoms with Gasteiger partial charge >= 0.3 is 0 Å². The van der Waals surface area contributed by atoms with Crippen molar-refractivity contribution in [3.8, 4) is 11.8 Å². The van der Waals surface area contributed by atoms with Gasteiger partial charge in [-0.05, 0) is 37.8 Å². The topological polar surface area (TPSA) is 40.5 Å². The van der Waals surface area contributed by atoms with E-state index in [1.54, 1.807) is 6.07 Å². The van der Waals surface area contributed by atoms with Gasteiger partial charge in [0, 0.05) is 18.7 Å². The molecule has 0 atom stereocenters. The molecule has 2 rings (SSSR count). The highest BCUT2D eigenvalue weighted by Crippen LogP contribution is 2.30. The summed E-state index contributed by atoms with van der Waals surface area (Å²) in [4.78, 5) is 14.4. The maximum absolute atomic E-state index is 12.5. The molecule has 1 aliphatic rings. The fourth-order valence-electron chi connectivity index (χ4n) is 2.05. The molecular weight excluding hydrogens is 238 g/mol. The van der Waals surface area contributed by atoms with E-state index < -0.39 is 0 Å². The lowest BCUT2D eigenvalue weighted by molar-refractivity contribution is 0.0756. The van der Waals surface area contributed by atoms with Crippen LogP contribution in [0.1, 0.15) is 35.7 Å². The SMILES string of the molecule is CCN(CC1CC1)C(=O)c1ccccc1C#CCO. The summed E-state index contributed by atoms with van der Waals surface area (Å²) in [5.41, 5.74) is 1.32. The Morgan fingerprint density at radius 1 is 1.42 bits per heavy atom. The van der Waals surface area contributed by atoms with Gasteiger partial charge in [-0.3, -0.25) is 4.79 Å². The number of hydrogen-bond donors (Lipinski definition) is 1. The Bertz CT molecular complexity index is 509. The Morgan fingerprint density at radius 3 is 2.79 bits per heavy atom. The zero-order valence-electron chi connectivity index (χ0n) is 11.2. The molecule has 3 heteroatoms. The Hall–Kier alpha value is -1.79. The van der Waals surface area contributed by atoms with Crippen molar-refractivity contribution < 1.29 is 9.90 Å². The summed E-state index contributed by atoms with van der Waals surface area (Å²) in [7, 11) is 0. The number of rotatable bonds is 4. The smallest absolute Gasteiger partial charge is 0.255 e. The van der Waals surface area contributed by atoms with Crippen LogP contribution in [0, 0.1) is 17.8 Å². The van der Waals surface area contributed by atoms with Gasteiger partial charge in [-0.2, -0.15) is 0 Å². The van der Waals surface area contributed by atoms with Crippen LogP contribution in [-0.2, 0) is 0 Å². The molecule has 3 nitrogen and oxygen atoms in total. The van der Waals surface area contributed by atoms with Crippen LogP contribution in [0.3, 0.4) is 0 Å². The number of nitrogens with zero attached hydrogens (tertiary/aromatic N) is 1. The summed E-state index contributed by atoms with van der Waals surface area (Å²) in [6.45, 7) is 3.37. The van der Waals surface area contributed by atoms with Gasteiger partial charge in [0.2, 0.25) is 0 Å². The van der Waals surface area contributed by atoms with Crippen molar-refractivity contribution in [3.63, 3.8) is 0 Å². The minimum absolute atomic E-state index is 0.0391. The fraction of sp³-hybridized carbons (Fsp3) is 0.438. The number of aliphatic hydroxyl groups is 1. The minimum Gasteiger partial charge on any atom is -0.384 e. The molecule has 0 aliphatic heterocycles. The fourth-order valence-corrected chi connectivity index (χ4v) is 2.05. The third-order valence-electron chi connectivity index (χ3n) is 3.30. The van der Waals surface area contributed by atoms with E-state index in [-0.39, 0.29) is 12.5 Å². The third kappa shape index (κ3) is 3.59. The van der Waals surface area contributed by atoms with E-state index in [1.807, 2.05) is 30.0 Å². The predicted molar refractivity (Wildman–Crippen MR) is 74.7 cm³/mol. The predicted octanol–water partition coefficient (Wildman–Crippen LogP) is 1.90. The van der Waals surface area contributed by atoms with Crippen molar-refractivity contribution in [2.75, 3.05) is 19.7 Å². The highest BCUT2D eigenvalue weighted by Gasteiger charge is 2.27. The van der Waals surface area contributed by atoms with E-state index in [0.29, 0.717) is 17.0 Å². The molecule has 1 aromatic carbocycles. The van der Waals surface area contributed by atoms with Gasteiger partial charge in [-0.25, -0.2) is 0 Å². The number of benzene rings is 1. The van der Waals surface area contributed by atoms with Crippen molar-refractivity contribution in [1.82, 2.24) is 4.90 Å². The molecule has 0 saturated heterocycles. The second kappa shape index (κ2) is 6.40. The van der Waals surface area contributed by atoms with E-state index in [1.165, 1.54) is 12.8 Å². The van der Waals surface area contributed by atoms with E-state index in [4.69, 9.17) is 5.11 Å². The normalized spacial score (nSPS) is 13.6. The second-order valence-corrected chi connectivity index (χ2v) is 4.79. The van der Waals surface area contributed by atoms with Crippen LogP contribution < -0.4 is 0 Å². The average molecular weight is 257 g/mol. The maximum Gasteiger partial charge on any atom is 0.255 e. The summed E-state index contributed by atoms with van der Waals surface area (Å²) in [6.07, 6.45) is 2.46. The van der Waals surface area contributed by atoms with Gasteiger partial charge in [0.25, 0.3) is 5.91 Å². The number of amides is 1.